The number of sulfone groups is 1. The summed E-state index contributed by atoms with van der Waals surface area (Å²) >= 11 is 12.0. The number of fused-ring (bicyclic) bond motifs is 1. The zero-order valence-corrected chi connectivity index (χ0v) is 23.5. The van der Waals surface area contributed by atoms with Crippen LogP contribution in [-0.4, -0.2) is 59.9 Å². The molecule has 14 heteroatoms. The summed E-state index contributed by atoms with van der Waals surface area (Å²) in [7, 11) is -3.68. The minimum absolute atomic E-state index is 0.0182. The van der Waals surface area contributed by atoms with Crippen LogP contribution in [0.25, 0.3) is 0 Å². The molecule has 0 aliphatic carbocycles. The van der Waals surface area contributed by atoms with Crippen LogP contribution in [0.1, 0.15) is 49.2 Å². The van der Waals surface area contributed by atoms with E-state index in [1.165, 1.54) is 24.3 Å². The molecule has 3 aromatic rings. The monoisotopic (exact) mass is 618 g/mol. The van der Waals surface area contributed by atoms with Crippen LogP contribution in [0.4, 0.5) is 5.69 Å². The van der Waals surface area contributed by atoms with Gasteiger partial charge in [0, 0.05) is 29.5 Å². The fourth-order valence-electron chi connectivity index (χ4n) is 4.21. The molecule has 3 aromatic carbocycles. The van der Waals surface area contributed by atoms with Crippen molar-refractivity contribution >= 4 is 62.3 Å². The second-order valence-electron chi connectivity index (χ2n) is 9.12. The lowest BCUT2D eigenvalue weighted by molar-refractivity contribution is -0.384. The lowest BCUT2D eigenvalue weighted by Gasteiger charge is -2.27. The molecular formula is C27H20Cl2N2O9S. The number of hydrogen-bond donors (Lipinski definition) is 0. The SMILES string of the molecule is CS(=O)(=O)CC[C@H](C(=O)O[C@H](C(=O)c1ccccc1)c1ccc([N+](=O)[O-])cc1)N1C(=O)c2cc(Cl)c(Cl)cc2C1=O. The van der Waals surface area contributed by atoms with Crippen LogP contribution in [0.3, 0.4) is 0 Å². The van der Waals surface area contributed by atoms with Crippen LogP contribution in [-0.2, 0) is 19.4 Å². The van der Waals surface area contributed by atoms with Gasteiger partial charge in [0.25, 0.3) is 17.5 Å². The van der Waals surface area contributed by atoms with Crippen molar-refractivity contribution in [1.29, 1.82) is 0 Å². The molecule has 0 unspecified atom stereocenters. The third kappa shape index (κ3) is 6.45. The Balaban J connectivity index is 1.74. The van der Waals surface area contributed by atoms with Gasteiger partial charge in [-0.3, -0.25) is 29.4 Å². The molecule has 2 atom stereocenters. The zero-order valence-electron chi connectivity index (χ0n) is 21.2. The smallest absolute Gasteiger partial charge is 0.330 e. The normalized spacial score (nSPS) is 14.4. The zero-order chi connectivity index (χ0) is 30.1. The Kier molecular flexibility index (Phi) is 8.57. The molecule has 0 fully saturated rings. The number of carbonyl (C=O) groups is 4. The Hall–Kier alpha value is -4.13. The number of amides is 2. The standard InChI is InChI=1S/C27H20Cl2N2O9S/c1-41(38,39)12-11-22(30-25(33)18-13-20(28)21(29)14-19(18)26(30)34)27(35)40-24(23(32)15-5-3-2-4-6-15)16-7-9-17(10-8-16)31(36)37/h2-10,13-14,22,24H,11-12H2,1H3/t22-,24+/m1/s1. The number of nitrogens with zero attached hydrogens (tertiary/aromatic N) is 2. The maximum absolute atomic E-state index is 13.6. The number of halogens is 2. The van der Waals surface area contributed by atoms with E-state index in [2.05, 4.69) is 0 Å². The summed E-state index contributed by atoms with van der Waals surface area (Å²) in [6.45, 7) is 0. The van der Waals surface area contributed by atoms with E-state index >= 15 is 0 Å². The summed E-state index contributed by atoms with van der Waals surface area (Å²) in [4.78, 5) is 64.7. The van der Waals surface area contributed by atoms with Gasteiger partial charge in [0.15, 0.2) is 6.10 Å². The molecule has 0 saturated carbocycles. The number of benzene rings is 3. The summed E-state index contributed by atoms with van der Waals surface area (Å²) in [5, 5.41) is 11.1. The first kappa shape index (κ1) is 29.8. The van der Waals surface area contributed by atoms with Crippen molar-refractivity contribution in [3.8, 4) is 0 Å². The number of carbonyl (C=O) groups excluding carboxylic acids is 4. The molecular weight excluding hydrogens is 599 g/mol. The fourth-order valence-corrected chi connectivity index (χ4v) is 5.18. The lowest BCUT2D eigenvalue weighted by atomic mass is 9.99. The average Bonchev–Trinajstić information content (AvgIpc) is 3.16. The Bertz CT molecular complexity index is 1640. The molecule has 0 radical (unpaired) electrons. The first-order valence-electron chi connectivity index (χ1n) is 11.9. The molecule has 0 N–H and O–H groups in total. The van der Waals surface area contributed by atoms with Crippen LogP contribution in [0.5, 0.6) is 0 Å². The van der Waals surface area contributed by atoms with Crippen molar-refractivity contribution in [2.24, 2.45) is 0 Å². The molecule has 41 heavy (non-hydrogen) atoms. The van der Waals surface area contributed by atoms with E-state index in [1.54, 1.807) is 18.2 Å². The topological polar surface area (TPSA) is 158 Å². The third-order valence-electron chi connectivity index (χ3n) is 6.24. The summed E-state index contributed by atoms with van der Waals surface area (Å²) in [5.74, 6) is -4.40. The number of ketones is 1. The Labute approximate surface area is 243 Å². The van der Waals surface area contributed by atoms with E-state index in [-0.39, 0.29) is 38.0 Å². The van der Waals surface area contributed by atoms with E-state index in [0.29, 0.717) is 4.90 Å². The van der Waals surface area contributed by atoms with E-state index in [0.717, 1.165) is 30.5 Å². The molecule has 212 valence electrons. The van der Waals surface area contributed by atoms with E-state index in [9.17, 15) is 37.7 Å². The van der Waals surface area contributed by atoms with Gasteiger partial charge in [-0.2, -0.15) is 0 Å². The molecule has 1 aliphatic heterocycles. The van der Waals surface area contributed by atoms with Gasteiger partial charge in [0.05, 0.1) is 31.8 Å². The highest BCUT2D eigenvalue weighted by molar-refractivity contribution is 7.90. The van der Waals surface area contributed by atoms with Gasteiger partial charge in [-0.15, -0.1) is 0 Å². The van der Waals surface area contributed by atoms with Gasteiger partial charge < -0.3 is 4.74 Å². The van der Waals surface area contributed by atoms with E-state index in [4.69, 9.17) is 27.9 Å². The van der Waals surface area contributed by atoms with E-state index in [1.807, 2.05) is 0 Å². The van der Waals surface area contributed by atoms with Crippen molar-refractivity contribution in [1.82, 2.24) is 4.90 Å². The van der Waals surface area contributed by atoms with Gasteiger partial charge in [0.2, 0.25) is 5.78 Å². The second-order valence-corrected chi connectivity index (χ2v) is 12.2. The number of ether oxygens (including phenoxy) is 1. The van der Waals surface area contributed by atoms with Crippen LogP contribution in [0, 0.1) is 10.1 Å². The lowest BCUT2D eigenvalue weighted by Crippen LogP contribution is -2.47. The number of Topliss-reactive ketones (excluding diaryl/α,β-unsaturated/α-hetero) is 1. The van der Waals surface area contributed by atoms with Gasteiger partial charge in [-0.05, 0) is 30.7 Å². The van der Waals surface area contributed by atoms with Crippen molar-refractivity contribution in [2.45, 2.75) is 18.6 Å². The number of rotatable bonds is 10. The number of imide groups is 1. The average molecular weight is 619 g/mol. The van der Waals surface area contributed by atoms with E-state index < -0.39 is 62.6 Å². The highest BCUT2D eigenvalue weighted by Crippen LogP contribution is 2.34. The number of hydrogen-bond acceptors (Lipinski definition) is 9. The minimum Gasteiger partial charge on any atom is -0.447 e. The number of nitro groups is 1. The van der Waals surface area contributed by atoms with Crippen molar-refractivity contribution in [3.63, 3.8) is 0 Å². The summed E-state index contributed by atoms with van der Waals surface area (Å²) in [5.41, 5.74) is -0.357. The highest BCUT2D eigenvalue weighted by Gasteiger charge is 2.45. The predicted octanol–water partition coefficient (Wildman–Crippen LogP) is 4.47. The predicted molar refractivity (Wildman–Crippen MR) is 148 cm³/mol. The van der Waals surface area contributed by atoms with Gasteiger partial charge >= 0.3 is 5.97 Å². The van der Waals surface area contributed by atoms with Gasteiger partial charge in [0.1, 0.15) is 15.9 Å². The second kappa shape index (κ2) is 11.8. The Morgan fingerprint density at radius 2 is 1.49 bits per heavy atom. The molecule has 1 aliphatic rings. The molecule has 0 bridgehead atoms. The molecule has 0 aromatic heterocycles. The Morgan fingerprint density at radius 3 is 1.98 bits per heavy atom. The summed E-state index contributed by atoms with van der Waals surface area (Å²) < 4.78 is 29.6. The van der Waals surface area contributed by atoms with Crippen molar-refractivity contribution in [2.75, 3.05) is 12.0 Å². The molecule has 4 rings (SSSR count). The number of non-ortho nitro benzene ring substituents is 1. The quantitative estimate of drug-likeness (QED) is 0.105. The minimum atomic E-state index is -3.68. The first-order chi connectivity index (χ1) is 19.3. The molecule has 0 saturated heterocycles. The Morgan fingerprint density at radius 1 is 0.951 bits per heavy atom. The van der Waals surface area contributed by atoms with Crippen LogP contribution in [0.15, 0.2) is 66.7 Å². The molecule has 11 nitrogen and oxygen atoms in total. The van der Waals surface area contributed by atoms with Crippen LogP contribution < -0.4 is 0 Å². The van der Waals surface area contributed by atoms with Gasteiger partial charge in [-0.1, -0.05) is 53.5 Å². The van der Waals surface area contributed by atoms with Crippen LogP contribution >= 0.6 is 23.2 Å². The van der Waals surface area contributed by atoms with Crippen LogP contribution in [0.2, 0.25) is 10.0 Å². The van der Waals surface area contributed by atoms with Crippen molar-refractivity contribution < 1.29 is 37.3 Å². The summed E-state index contributed by atoms with van der Waals surface area (Å²) in [6, 6.07) is 13.0. The first-order valence-corrected chi connectivity index (χ1v) is 14.7. The fraction of sp³-hybridized carbons (Fsp3) is 0.185. The molecule has 1 heterocycles. The van der Waals surface area contributed by atoms with Crippen molar-refractivity contribution in [3.05, 3.63) is 109 Å². The maximum atomic E-state index is 13.6. The van der Waals surface area contributed by atoms with Gasteiger partial charge in [-0.25, -0.2) is 13.2 Å². The summed E-state index contributed by atoms with van der Waals surface area (Å²) in [6.07, 6.45) is -1.27. The number of esters is 1. The highest BCUT2D eigenvalue weighted by atomic mass is 35.5. The largest absolute Gasteiger partial charge is 0.447 e. The molecule has 0 spiro atoms. The third-order valence-corrected chi connectivity index (χ3v) is 7.94. The maximum Gasteiger partial charge on any atom is 0.330 e. The number of nitro benzene ring substituents is 1. The molecule has 2 amide bonds.